The Labute approximate surface area is 134 Å². The summed E-state index contributed by atoms with van der Waals surface area (Å²) in [6.07, 6.45) is -10.6. The van der Waals surface area contributed by atoms with Gasteiger partial charge in [0.1, 0.15) is 16.7 Å². The van der Waals surface area contributed by atoms with Gasteiger partial charge in [0.25, 0.3) is 0 Å². The van der Waals surface area contributed by atoms with E-state index in [1.165, 1.54) is 30.3 Å². The molecule has 1 aliphatic rings. The molecule has 24 heavy (non-hydrogen) atoms. The van der Waals surface area contributed by atoms with Crippen molar-refractivity contribution in [3.8, 4) is 0 Å². The Morgan fingerprint density at radius 1 is 1.12 bits per heavy atom. The number of alkyl halides is 6. The highest BCUT2D eigenvalue weighted by Crippen LogP contribution is 2.48. The molecule has 0 aliphatic carbocycles. The second-order valence-corrected chi connectivity index (χ2v) is 8.16. The van der Waals surface area contributed by atoms with E-state index in [1.807, 2.05) is 0 Å². The summed E-state index contributed by atoms with van der Waals surface area (Å²) in [7, 11) is -3.98. The Morgan fingerprint density at radius 2 is 1.62 bits per heavy atom. The maximum absolute atomic E-state index is 13.5. The number of nitrogens with zero attached hydrogens (tertiary/aromatic N) is 1. The largest absolute Gasteiger partial charge is 0.410 e. The minimum atomic E-state index is -5.31. The SMILES string of the molecule is C=S1(=N)C(C(C)=O)N(c2ccccc2)C(C(F)(F)F)C1C(F)(F)F. The minimum Gasteiger partial charge on any atom is -0.339 e. The van der Waals surface area contributed by atoms with Crippen molar-refractivity contribution in [3.63, 3.8) is 0 Å². The standard InChI is InChI=1S/C14H14F6N2OS/c1-8(23)12-22(9-6-4-3-5-7-9)10(13(15,16)17)11(14(18,19)20)24(12,2)21/h3-7,10-12,21H,2H2,1H3. The molecule has 4 atom stereocenters. The van der Waals surface area contributed by atoms with E-state index < -0.39 is 44.2 Å². The van der Waals surface area contributed by atoms with Crippen molar-refractivity contribution < 1.29 is 31.1 Å². The average Bonchev–Trinajstić information content (AvgIpc) is 2.67. The van der Waals surface area contributed by atoms with Crippen molar-refractivity contribution in [2.75, 3.05) is 4.90 Å². The third-order valence-electron chi connectivity index (χ3n) is 3.75. The van der Waals surface area contributed by atoms with Gasteiger partial charge in [-0.15, -0.1) is 0 Å². The summed E-state index contributed by atoms with van der Waals surface area (Å²) in [6.45, 7) is 0.883. The highest BCUT2D eigenvalue weighted by Gasteiger charge is 2.67. The summed E-state index contributed by atoms with van der Waals surface area (Å²) >= 11 is 0. The lowest BCUT2D eigenvalue weighted by atomic mass is 10.1. The van der Waals surface area contributed by atoms with Crippen LogP contribution in [0.3, 0.4) is 0 Å². The third-order valence-corrected chi connectivity index (χ3v) is 6.54. The van der Waals surface area contributed by atoms with Crippen LogP contribution >= 0.6 is 0 Å². The summed E-state index contributed by atoms with van der Waals surface area (Å²) in [4.78, 5) is 12.2. The van der Waals surface area contributed by atoms with Crippen LogP contribution in [0.1, 0.15) is 6.92 Å². The summed E-state index contributed by atoms with van der Waals surface area (Å²) in [5.41, 5.74) is -0.195. The average molecular weight is 372 g/mol. The Hall–Kier alpha value is -1.71. The van der Waals surface area contributed by atoms with Crippen LogP contribution in [0.2, 0.25) is 0 Å². The summed E-state index contributed by atoms with van der Waals surface area (Å²) < 4.78 is 88.6. The quantitative estimate of drug-likeness (QED) is 0.637. The first-order valence-electron chi connectivity index (χ1n) is 6.65. The number of hydrogen-bond acceptors (Lipinski definition) is 3. The summed E-state index contributed by atoms with van der Waals surface area (Å²) in [6, 6.07) is 3.53. The zero-order valence-corrected chi connectivity index (χ0v) is 13.2. The van der Waals surface area contributed by atoms with Gasteiger partial charge in [0, 0.05) is 5.69 Å². The van der Waals surface area contributed by atoms with Crippen LogP contribution in [0.4, 0.5) is 32.0 Å². The predicted molar refractivity (Wildman–Crippen MR) is 80.3 cm³/mol. The molecule has 10 heteroatoms. The molecule has 3 nitrogen and oxygen atoms in total. The van der Waals surface area contributed by atoms with Crippen molar-refractivity contribution in [3.05, 3.63) is 30.3 Å². The molecular weight excluding hydrogens is 358 g/mol. The van der Waals surface area contributed by atoms with Gasteiger partial charge in [-0.1, -0.05) is 33.5 Å². The van der Waals surface area contributed by atoms with Gasteiger partial charge in [0.05, 0.1) is 0 Å². The molecule has 1 heterocycles. The van der Waals surface area contributed by atoms with Crippen molar-refractivity contribution in [2.24, 2.45) is 0 Å². The lowest BCUT2D eigenvalue weighted by Crippen LogP contribution is -2.53. The van der Waals surface area contributed by atoms with Crippen LogP contribution < -0.4 is 4.90 Å². The van der Waals surface area contributed by atoms with Gasteiger partial charge in [-0.3, -0.25) is 9.57 Å². The number of anilines is 1. The maximum atomic E-state index is 13.5. The van der Waals surface area contributed by atoms with E-state index >= 15 is 0 Å². The van der Waals surface area contributed by atoms with E-state index in [1.54, 1.807) is 0 Å². The highest BCUT2D eigenvalue weighted by atomic mass is 32.2. The van der Waals surface area contributed by atoms with E-state index in [0.717, 1.165) is 6.92 Å². The zero-order valence-electron chi connectivity index (χ0n) is 12.4. The van der Waals surface area contributed by atoms with Crippen LogP contribution in [-0.4, -0.2) is 40.7 Å². The maximum Gasteiger partial charge on any atom is 0.410 e. The molecule has 1 aromatic carbocycles. The van der Waals surface area contributed by atoms with Crippen LogP contribution in [0.15, 0.2) is 30.3 Å². The molecule has 1 N–H and O–H groups in total. The van der Waals surface area contributed by atoms with E-state index in [2.05, 4.69) is 5.87 Å². The van der Waals surface area contributed by atoms with E-state index in [-0.39, 0.29) is 5.69 Å². The van der Waals surface area contributed by atoms with E-state index in [4.69, 9.17) is 4.78 Å². The van der Waals surface area contributed by atoms with Gasteiger partial charge in [-0.05, 0) is 19.1 Å². The molecule has 2 rings (SSSR count). The predicted octanol–water partition coefficient (Wildman–Crippen LogP) is 3.63. The van der Waals surface area contributed by atoms with Crippen molar-refractivity contribution in [2.45, 2.75) is 35.9 Å². The van der Waals surface area contributed by atoms with Crippen LogP contribution in [0.5, 0.6) is 0 Å². The number of carbonyl (C=O) groups is 1. The fourth-order valence-electron chi connectivity index (χ4n) is 3.00. The van der Waals surface area contributed by atoms with Gasteiger partial charge in [-0.25, -0.2) is 0 Å². The van der Waals surface area contributed by atoms with Crippen molar-refractivity contribution in [1.29, 1.82) is 4.78 Å². The smallest absolute Gasteiger partial charge is 0.339 e. The molecule has 1 fully saturated rings. The van der Waals surface area contributed by atoms with Gasteiger partial charge in [0.2, 0.25) is 0 Å². The number of Topliss-reactive ketones (excluding diaryl/α,β-unsaturated/α-hetero) is 1. The number of carbonyl (C=O) groups excluding carboxylic acids is 1. The molecule has 0 aromatic heterocycles. The number of ketones is 1. The molecule has 0 amide bonds. The Morgan fingerprint density at radius 3 is 2.00 bits per heavy atom. The first-order valence-corrected chi connectivity index (χ1v) is 8.58. The Kier molecular flexibility index (Phi) is 4.41. The fraction of sp³-hybridized carbons (Fsp3) is 0.429. The second-order valence-electron chi connectivity index (χ2n) is 5.50. The number of halogens is 6. The minimum absolute atomic E-state index is 0.195. The molecular formula is C14H14F6N2OS. The number of hydrogen-bond donors (Lipinski definition) is 1. The molecule has 1 aliphatic heterocycles. The highest BCUT2D eigenvalue weighted by molar-refractivity contribution is 8.03. The molecule has 1 aromatic rings. The topological polar surface area (TPSA) is 44.2 Å². The van der Waals surface area contributed by atoms with Gasteiger partial charge in [0.15, 0.2) is 5.78 Å². The summed E-state index contributed by atoms with van der Waals surface area (Å²) in [5, 5.41) is -4.96. The van der Waals surface area contributed by atoms with E-state index in [9.17, 15) is 31.1 Å². The summed E-state index contributed by atoms with van der Waals surface area (Å²) in [5.74, 6) is 2.18. The lowest BCUT2D eigenvalue weighted by molar-refractivity contribution is -0.188. The van der Waals surface area contributed by atoms with E-state index in [0.29, 0.717) is 4.90 Å². The number of benzene rings is 1. The first kappa shape index (κ1) is 18.6. The number of nitrogens with one attached hydrogen (secondary N) is 1. The normalized spacial score (nSPS) is 31.3. The Balaban J connectivity index is 2.79. The molecule has 0 radical (unpaired) electrons. The lowest BCUT2D eigenvalue weighted by Gasteiger charge is -2.33. The number of para-hydroxylation sites is 1. The molecule has 4 unspecified atom stereocenters. The van der Waals surface area contributed by atoms with Gasteiger partial charge < -0.3 is 4.90 Å². The van der Waals surface area contributed by atoms with Crippen molar-refractivity contribution >= 4 is 26.8 Å². The second kappa shape index (κ2) is 5.68. The Bertz CT molecular complexity index is 726. The first-order chi connectivity index (χ1) is 10.8. The van der Waals surface area contributed by atoms with Gasteiger partial charge >= 0.3 is 12.4 Å². The van der Waals surface area contributed by atoms with Crippen LogP contribution in [0, 0.1) is 4.78 Å². The molecule has 0 saturated carbocycles. The van der Waals surface area contributed by atoms with Gasteiger partial charge in [-0.2, -0.15) is 26.3 Å². The van der Waals surface area contributed by atoms with Crippen LogP contribution in [0.25, 0.3) is 0 Å². The zero-order chi connectivity index (χ0) is 18.5. The molecule has 134 valence electrons. The van der Waals surface area contributed by atoms with Crippen molar-refractivity contribution in [1.82, 2.24) is 0 Å². The monoisotopic (exact) mass is 372 g/mol. The fourth-order valence-corrected chi connectivity index (χ4v) is 5.75. The molecule has 1 saturated heterocycles. The third kappa shape index (κ3) is 2.99. The number of rotatable bonds is 2. The van der Waals surface area contributed by atoms with Crippen LogP contribution in [-0.2, 0) is 14.2 Å². The molecule has 0 bridgehead atoms. The molecule has 0 spiro atoms.